The zero-order valence-corrected chi connectivity index (χ0v) is 13.2. The van der Waals surface area contributed by atoms with Crippen molar-refractivity contribution in [3.8, 4) is 0 Å². The predicted molar refractivity (Wildman–Crippen MR) is 84.5 cm³/mol. The first-order valence-corrected chi connectivity index (χ1v) is 8.05. The molecule has 112 valence electrons. The second-order valence-electron chi connectivity index (χ2n) is 6.34. The normalized spacial score (nSPS) is 22.2. The fourth-order valence-corrected chi connectivity index (χ4v) is 2.99. The van der Waals surface area contributed by atoms with E-state index in [0.29, 0.717) is 0 Å². The maximum absolute atomic E-state index is 4.46. The molecular weight excluding hydrogens is 246 g/mol. The minimum atomic E-state index is 0.738. The SMILES string of the molecule is CCN(Cc1ccccn1)C1CCC1CNCC(C)C. The first kappa shape index (κ1) is 15.5. The van der Waals surface area contributed by atoms with E-state index in [1.165, 1.54) is 25.1 Å². The second kappa shape index (κ2) is 7.75. The Bertz CT molecular complexity index is 377. The molecule has 1 aliphatic carbocycles. The highest BCUT2D eigenvalue weighted by Gasteiger charge is 2.34. The van der Waals surface area contributed by atoms with Crippen LogP contribution in [0.5, 0.6) is 0 Å². The smallest absolute Gasteiger partial charge is 0.0544 e. The quantitative estimate of drug-likeness (QED) is 0.790. The molecule has 1 aromatic heterocycles. The van der Waals surface area contributed by atoms with Crippen LogP contribution in [0.25, 0.3) is 0 Å². The summed E-state index contributed by atoms with van der Waals surface area (Å²) in [7, 11) is 0. The third-order valence-corrected chi connectivity index (χ3v) is 4.30. The van der Waals surface area contributed by atoms with Crippen molar-refractivity contribution in [1.82, 2.24) is 15.2 Å². The lowest BCUT2D eigenvalue weighted by atomic mass is 9.78. The molecule has 3 heteroatoms. The van der Waals surface area contributed by atoms with Crippen LogP contribution in [0.4, 0.5) is 0 Å². The fourth-order valence-electron chi connectivity index (χ4n) is 2.99. The van der Waals surface area contributed by atoms with Crippen molar-refractivity contribution < 1.29 is 0 Å². The second-order valence-corrected chi connectivity index (χ2v) is 6.34. The molecule has 2 unspecified atom stereocenters. The first-order chi connectivity index (χ1) is 9.70. The summed E-state index contributed by atoms with van der Waals surface area (Å²) in [5.41, 5.74) is 1.19. The lowest BCUT2D eigenvalue weighted by Gasteiger charge is -2.44. The van der Waals surface area contributed by atoms with E-state index < -0.39 is 0 Å². The predicted octanol–water partition coefficient (Wildman–Crippen LogP) is 2.93. The van der Waals surface area contributed by atoms with Crippen LogP contribution in [-0.2, 0) is 6.54 Å². The summed E-state index contributed by atoms with van der Waals surface area (Å²) >= 11 is 0. The van der Waals surface area contributed by atoms with Crippen molar-refractivity contribution in [3.63, 3.8) is 0 Å². The Labute approximate surface area is 123 Å². The summed E-state index contributed by atoms with van der Waals surface area (Å²) < 4.78 is 0. The number of aromatic nitrogens is 1. The van der Waals surface area contributed by atoms with Gasteiger partial charge in [-0.15, -0.1) is 0 Å². The number of hydrogen-bond acceptors (Lipinski definition) is 3. The van der Waals surface area contributed by atoms with Crippen molar-refractivity contribution in [1.29, 1.82) is 0 Å². The van der Waals surface area contributed by atoms with Crippen LogP contribution in [-0.4, -0.2) is 35.6 Å². The topological polar surface area (TPSA) is 28.2 Å². The van der Waals surface area contributed by atoms with Gasteiger partial charge in [-0.25, -0.2) is 0 Å². The van der Waals surface area contributed by atoms with Crippen molar-refractivity contribution in [2.75, 3.05) is 19.6 Å². The Morgan fingerprint density at radius 3 is 2.75 bits per heavy atom. The minimum Gasteiger partial charge on any atom is -0.316 e. The highest BCUT2D eigenvalue weighted by molar-refractivity contribution is 5.04. The van der Waals surface area contributed by atoms with Crippen molar-refractivity contribution >= 4 is 0 Å². The Balaban J connectivity index is 1.82. The molecule has 1 saturated carbocycles. The van der Waals surface area contributed by atoms with E-state index in [9.17, 15) is 0 Å². The summed E-state index contributed by atoms with van der Waals surface area (Å²) in [5.74, 6) is 1.56. The Kier molecular flexibility index (Phi) is 5.99. The first-order valence-electron chi connectivity index (χ1n) is 8.05. The summed E-state index contributed by atoms with van der Waals surface area (Å²) in [6, 6.07) is 6.94. The van der Waals surface area contributed by atoms with Gasteiger partial charge in [0, 0.05) is 18.8 Å². The minimum absolute atomic E-state index is 0.738. The fraction of sp³-hybridized carbons (Fsp3) is 0.706. The van der Waals surface area contributed by atoms with Gasteiger partial charge in [0.05, 0.1) is 5.69 Å². The molecule has 1 N–H and O–H groups in total. The van der Waals surface area contributed by atoms with Crippen molar-refractivity contribution in [2.45, 2.75) is 46.2 Å². The zero-order valence-electron chi connectivity index (χ0n) is 13.2. The van der Waals surface area contributed by atoms with Gasteiger partial charge in [0.15, 0.2) is 0 Å². The molecule has 0 aromatic carbocycles. The molecule has 1 fully saturated rings. The van der Waals surface area contributed by atoms with Crippen molar-refractivity contribution in [2.24, 2.45) is 11.8 Å². The molecule has 0 bridgehead atoms. The maximum Gasteiger partial charge on any atom is 0.0544 e. The van der Waals surface area contributed by atoms with E-state index in [0.717, 1.165) is 37.5 Å². The number of nitrogens with one attached hydrogen (secondary N) is 1. The molecule has 1 aliphatic rings. The molecule has 3 nitrogen and oxygen atoms in total. The molecule has 0 spiro atoms. The van der Waals surface area contributed by atoms with Crippen LogP contribution in [0.1, 0.15) is 39.3 Å². The maximum atomic E-state index is 4.46. The molecule has 0 amide bonds. The van der Waals surface area contributed by atoms with E-state index in [-0.39, 0.29) is 0 Å². The van der Waals surface area contributed by atoms with Gasteiger partial charge < -0.3 is 5.32 Å². The Hall–Kier alpha value is -0.930. The van der Waals surface area contributed by atoms with Crippen LogP contribution in [0.2, 0.25) is 0 Å². The molecule has 20 heavy (non-hydrogen) atoms. The number of rotatable bonds is 8. The van der Waals surface area contributed by atoms with Gasteiger partial charge in [0.2, 0.25) is 0 Å². The molecular formula is C17H29N3. The molecule has 1 heterocycles. The van der Waals surface area contributed by atoms with Gasteiger partial charge >= 0.3 is 0 Å². The van der Waals surface area contributed by atoms with Crippen LogP contribution in [0, 0.1) is 11.8 Å². The highest BCUT2D eigenvalue weighted by Crippen LogP contribution is 2.32. The molecule has 0 radical (unpaired) electrons. The lowest BCUT2D eigenvalue weighted by molar-refractivity contribution is 0.0585. The van der Waals surface area contributed by atoms with E-state index in [1.807, 2.05) is 12.3 Å². The van der Waals surface area contributed by atoms with Crippen molar-refractivity contribution in [3.05, 3.63) is 30.1 Å². The number of hydrogen-bond donors (Lipinski definition) is 1. The monoisotopic (exact) mass is 275 g/mol. The summed E-state index contributed by atoms with van der Waals surface area (Å²) in [6.45, 7) is 11.2. The van der Waals surface area contributed by atoms with Gasteiger partial charge in [0.1, 0.15) is 0 Å². The molecule has 0 saturated heterocycles. The standard InChI is InChI=1S/C17H29N3/c1-4-20(13-16-7-5-6-10-19-16)17-9-8-15(17)12-18-11-14(2)3/h5-7,10,14-15,17-18H,4,8-9,11-13H2,1-3H3. The van der Waals surface area contributed by atoms with E-state index in [1.54, 1.807) is 0 Å². The zero-order chi connectivity index (χ0) is 14.4. The Morgan fingerprint density at radius 2 is 2.20 bits per heavy atom. The van der Waals surface area contributed by atoms with E-state index in [4.69, 9.17) is 0 Å². The van der Waals surface area contributed by atoms with Crippen LogP contribution >= 0.6 is 0 Å². The summed E-state index contributed by atoms with van der Waals surface area (Å²) in [5, 5.41) is 3.62. The summed E-state index contributed by atoms with van der Waals surface area (Å²) in [6.07, 6.45) is 4.61. The molecule has 2 rings (SSSR count). The van der Waals surface area contributed by atoms with E-state index >= 15 is 0 Å². The van der Waals surface area contributed by atoms with Gasteiger partial charge in [-0.1, -0.05) is 26.8 Å². The average Bonchev–Trinajstić information content (AvgIpc) is 2.42. The number of nitrogens with zero attached hydrogens (tertiary/aromatic N) is 2. The largest absolute Gasteiger partial charge is 0.316 e. The van der Waals surface area contributed by atoms with Gasteiger partial charge in [0.25, 0.3) is 0 Å². The van der Waals surface area contributed by atoms with Gasteiger partial charge in [-0.2, -0.15) is 0 Å². The lowest BCUT2D eigenvalue weighted by Crippen LogP contribution is -2.50. The molecule has 1 aromatic rings. The third kappa shape index (κ3) is 4.29. The summed E-state index contributed by atoms with van der Waals surface area (Å²) in [4.78, 5) is 7.05. The van der Waals surface area contributed by atoms with E-state index in [2.05, 4.69) is 48.1 Å². The van der Waals surface area contributed by atoms with Crippen LogP contribution in [0.15, 0.2) is 24.4 Å². The Morgan fingerprint density at radius 1 is 1.35 bits per heavy atom. The van der Waals surface area contributed by atoms with Gasteiger partial charge in [-0.05, 0) is 56.4 Å². The average molecular weight is 275 g/mol. The van der Waals surface area contributed by atoms with Gasteiger partial charge in [-0.3, -0.25) is 9.88 Å². The van der Waals surface area contributed by atoms with Crippen LogP contribution < -0.4 is 5.32 Å². The molecule has 0 aliphatic heterocycles. The number of pyridine rings is 1. The third-order valence-electron chi connectivity index (χ3n) is 4.30. The van der Waals surface area contributed by atoms with Crippen LogP contribution in [0.3, 0.4) is 0 Å². The molecule has 2 atom stereocenters. The highest BCUT2D eigenvalue weighted by atomic mass is 15.2.